The summed E-state index contributed by atoms with van der Waals surface area (Å²) < 4.78 is 6.95. The Morgan fingerprint density at radius 1 is 1.21 bits per heavy atom. The molecule has 1 N–H and O–H groups in total. The Hall–Kier alpha value is -3.03. The fourth-order valence-electron chi connectivity index (χ4n) is 3.34. The number of hydrogen-bond acceptors (Lipinski definition) is 5. The van der Waals surface area contributed by atoms with E-state index in [-0.39, 0.29) is 11.9 Å². The van der Waals surface area contributed by atoms with Crippen LogP contribution in [0, 0.1) is 0 Å². The van der Waals surface area contributed by atoms with Crippen molar-refractivity contribution in [2.45, 2.75) is 19.5 Å². The third kappa shape index (κ3) is 4.06. The summed E-state index contributed by atoms with van der Waals surface area (Å²) in [5.74, 6) is -0.225. The monoisotopic (exact) mass is 406 g/mol. The maximum Gasteiger partial charge on any atom is 0.272 e. The minimum Gasteiger partial charge on any atom is -0.383 e. The molecule has 0 unspecified atom stereocenters. The van der Waals surface area contributed by atoms with Gasteiger partial charge in [0.25, 0.3) is 5.91 Å². The van der Waals surface area contributed by atoms with Crippen LogP contribution in [-0.4, -0.2) is 40.4 Å². The van der Waals surface area contributed by atoms with E-state index in [4.69, 9.17) is 4.74 Å². The second-order valence-electron chi connectivity index (χ2n) is 6.86. The Morgan fingerprint density at radius 2 is 2.03 bits per heavy atom. The van der Waals surface area contributed by atoms with Gasteiger partial charge in [-0.2, -0.15) is 5.10 Å². The molecule has 1 atom stereocenters. The molecule has 4 aromatic rings. The maximum atomic E-state index is 13.1. The first kappa shape index (κ1) is 19.3. The van der Waals surface area contributed by atoms with Gasteiger partial charge in [0.1, 0.15) is 0 Å². The fourth-order valence-corrected chi connectivity index (χ4v) is 4.10. The number of nitrogens with zero attached hydrogens (tertiary/aromatic N) is 3. The van der Waals surface area contributed by atoms with E-state index in [9.17, 15) is 4.79 Å². The molecule has 0 aliphatic rings. The highest BCUT2D eigenvalue weighted by Gasteiger charge is 2.23. The first-order valence-corrected chi connectivity index (χ1v) is 10.3. The lowest BCUT2D eigenvalue weighted by atomic mass is 10.1. The van der Waals surface area contributed by atoms with Gasteiger partial charge in [-0.3, -0.25) is 4.79 Å². The van der Waals surface area contributed by atoms with E-state index in [2.05, 4.69) is 15.4 Å². The molecule has 29 heavy (non-hydrogen) atoms. The van der Waals surface area contributed by atoms with Crippen LogP contribution in [0.25, 0.3) is 21.5 Å². The Balaban J connectivity index is 1.83. The average Bonchev–Trinajstić information content (AvgIpc) is 3.37. The van der Waals surface area contributed by atoms with Crippen molar-refractivity contribution in [1.29, 1.82) is 0 Å². The lowest BCUT2D eigenvalue weighted by Gasteiger charge is -2.11. The van der Waals surface area contributed by atoms with Crippen molar-refractivity contribution in [1.82, 2.24) is 20.1 Å². The Morgan fingerprint density at radius 3 is 2.76 bits per heavy atom. The first-order valence-electron chi connectivity index (χ1n) is 9.40. The van der Waals surface area contributed by atoms with Crippen LogP contribution in [0.1, 0.15) is 23.0 Å². The van der Waals surface area contributed by atoms with Crippen LogP contribution in [0.2, 0.25) is 0 Å². The molecule has 0 saturated carbocycles. The summed E-state index contributed by atoms with van der Waals surface area (Å²) >= 11 is 1.63. The molecule has 0 fully saturated rings. The molecule has 1 aromatic carbocycles. The van der Waals surface area contributed by atoms with Crippen LogP contribution in [0.4, 0.5) is 0 Å². The second-order valence-corrected chi connectivity index (χ2v) is 7.80. The van der Waals surface area contributed by atoms with Crippen molar-refractivity contribution in [2.75, 3.05) is 13.7 Å². The molecule has 4 rings (SSSR count). The molecule has 0 saturated heterocycles. The van der Waals surface area contributed by atoms with Gasteiger partial charge in [-0.1, -0.05) is 36.4 Å². The number of amides is 1. The highest BCUT2D eigenvalue weighted by Crippen LogP contribution is 2.33. The number of benzene rings is 1. The Labute approximate surface area is 173 Å². The number of rotatable bonds is 7. The molecule has 148 valence electrons. The Kier molecular flexibility index (Phi) is 5.69. The van der Waals surface area contributed by atoms with E-state index in [1.54, 1.807) is 29.3 Å². The molecule has 3 aromatic heterocycles. The zero-order valence-electron chi connectivity index (χ0n) is 16.3. The van der Waals surface area contributed by atoms with Gasteiger partial charge >= 0.3 is 0 Å². The van der Waals surface area contributed by atoms with Crippen LogP contribution >= 0.6 is 11.3 Å². The molecule has 0 aliphatic heterocycles. The number of hydrogen-bond donors (Lipinski definition) is 1. The molecule has 0 bridgehead atoms. The summed E-state index contributed by atoms with van der Waals surface area (Å²) in [5.41, 5.74) is 3.15. The molecule has 7 heteroatoms. The number of carbonyl (C=O) groups excluding carboxylic acids is 1. The third-order valence-electron chi connectivity index (χ3n) is 4.60. The normalized spacial score (nSPS) is 12.2. The minimum atomic E-state index is -0.225. The number of ether oxygens (including phenoxy) is 1. The van der Waals surface area contributed by atoms with Crippen LogP contribution in [0.3, 0.4) is 0 Å². The van der Waals surface area contributed by atoms with Gasteiger partial charge in [0.15, 0.2) is 11.3 Å². The number of methoxy groups -OCH3 is 1. The highest BCUT2D eigenvalue weighted by atomic mass is 32.1. The van der Waals surface area contributed by atoms with Gasteiger partial charge in [0, 0.05) is 29.8 Å². The minimum absolute atomic E-state index is 0.122. The summed E-state index contributed by atoms with van der Waals surface area (Å²) in [6.45, 7) is 2.88. The zero-order valence-corrected chi connectivity index (χ0v) is 17.1. The smallest absolute Gasteiger partial charge is 0.272 e. The summed E-state index contributed by atoms with van der Waals surface area (Å²) in [4.78, 5) is 18.7. The van der Waals surface area contributed by atoms with Crippen LogP contribution in [0.15, 0.2) is 60.1 Å². The van der Waals surface area contributed by atoms with Gasteiger partial charge in [-0.15, -0.1) is 11.3 Å². The van der Waals surface area contributed by atoms with Gasteiger partial charge in [0.05, 0.1) is 18.5 Å². The van der Waals surface area contributed by atoms with E-state index in [1.165, 1.54) is 0 Å². The van der Waals surface area contributed by atoms with Gasteiger partial charge in [-0.25, -0.2) is 9.67 Å². The zero-order chi connectivity index (χ0) is 20.2. The number of nitrogens with one attached hydrogen (secondary N) is 1. The number of pyridine rings is 1. The number of aromatic nitrogens is 3. The van der Waals surface area contributed by atoms with E-state index in [1.807, 2.05) is 60.8 Å². The highest BCUT2D eigenvalue weighted by molar-refractivity contribution is 7.13. The maximum absolute atomic E-state index is 13.1. The molecular formula is C22H22N4O2S. The second kappa shape index (κ2) is 8.55. The topological polar surface area (TPSA) is 69.0 Å². The molecule has 6 nitrogen and oxygen atoms in total. The fraction of sp³-hybridized carbons (Fsp3) is 0.227. The van der Waals surface area contributed by atoms with Gasteiger partial charge in [-0.05, 0) is 30.0 Å². The molecule has 0 aliphatic carbocycles. The lowest BCUT2D eigenvalue weighted by molar-refractivity contribution is 0.0901. The summed E-state index contributed by atoms with van der Waals surface area (Å²) in [7, 11) is 1.62. The molecule has 3 heterocycles. The van der Waals surface area contributed by atoms with Crippen molar-refractivity contribution in [3.8, 4) is 10.4 Å². The molecule has 0 spiro atoms. The van der Waals surface area contributed by atoms with Crippen LogP contribution < -0.4 is 5.32 Å². The van der Waals surface area contributed by atoms with Crippen molar-refractivity contribution in [3.63, 3.8) is 0 Å². The Bertz CT molecular complexity index is 1110. The summed E-state index contributed by atoms with van der Waals surface area (Å²) in [6.07, 6.45) is 1.77. The number of fused-ring (bicyclic) bond motifs is 1. The van der Waals surface area contributed by atoms with Gasteiger partial charge < -0.3 is 10.1 Å². The average molecular weight is 407 g/mol. The van der Waals surface area contributed by atoms with Crippen molar-refractivity contribution < 1.29 is 9.53 Å². The van der Waals surface area contributed by atoms with Gasteiger partial charge in [0.2, 0.25) is 0 Å². The SMILES string of the molecule is COC[C@@H](C)NC(=O)c1nn(Cc2ccccc2)c2nccc(-c3cccs3)c12. The van der Waals surface area contributed by atoms with E-state index in [0.717, 1.165) is 21.4 Å². The van der Waals surface area contributed by atoms with E-state index < -0.39 is 0 Å². The predicted octanol–water partition coefficient (Wildman–Crippen LogP) is 3.97. The molecule has 0 radical (unpaired) electrons. The van der Waals surface area contributed by atoms with E-state index in [0.29, 0.717) is 24.5 Å². The van der Waals surface area contributed by atoms with Crippen LogP contribution in [0.5, 0.6) is 0 Å². The van der Waals surface area contributed by atoms with Crippen molar-refractivity contribution in [3.05, 3.63) is 71.4 Å². The van der Waals surface area contributed by atoms with Crippen molar-refractivity contribution in [2.24, 2.45) is 0 Å². The molecular weight excluding hydrogens is 384 g/mol. The van der Waals surface area contributed by atoms with E-state index >= 15 is 0 Å². The molecule has 1 amide bonds. The first-order chi connectivity index (χ1) is 14.2. The lowest BCUT2D eigenvalue weighted by Crippen LogP contribution is -2.36. The van der Waals surface area contributed by atoms with Crippen molar-refractivity contribution >= 4 is 28.3 Å². The summed E-state index contributed by atoms with van der Waals surface area (Å²) in [5, 5.41) is 10.4. The largest absolute Gasteiger partial charge is 0.383 e. The number of carbonyl (C=O) groups is 1. The predicted molar refractivity (Wildman–Crippen MR) is 115 cm³/mol. The summed E-state index contributed by atoms with van der Waals surface area (Å²) in [6, 6.07) is 15.9. The third-order valence-corrected chi connectivity index (χ3v) is 5.51. The number of thiophene rings is 1. The van der Waals surface area contributed by atoms with Crippen LogP contribution in [-0.2, 0) is 11.3 Å². The quantitative estimate of drug-likeness (QED) is 0.504. The standard InChI is InChI=1S/C22H22N4O2S/c1-15(14-28-2)24-22(27)20-19-17(18-9-6-12-29-18)10-11-23-21(19)26(25-20)13-16-7-4-3-5-8-16/h3-12,15H,13-14H2,1-2H3,(H,24,27)/t15-/m1/s1.